The standard InChI is InChI=1S/C54H42BN5O/c1-54(2,3)38-29-48-52-49(30-38)59(34-36-18-8-5-9-19-36)47-31-40-39-20-10-12-22-44(39)60(51-24-14-15-27-56-51)46(40)32-42(47)55(52)41-28-37(53-57-43-21-11-13-23-50(43)61-53)25-26-45(41)58(48)33-35-16-6-4-7-17-35/h4-32H,33-34H2,1-3H3. The Bertz CT molecular complexity index is 3280. The lowest BCUT2D eigenvalue weighted by Gasteiger charge is -2.45. The molecule has 6 nitrogen and oxygen atoms in total. The first-order chi connectivity index (χ1) is 29.9. The van der Waals surface area contributed by atoms with Crippen LogP contribution in [-0.4, -0.2) is 21.2 Å². The van der Waals surface area contributed by atoms with Crippen molar-refractivity contribution >= 4 is 78.8 Å². The fourth-order valence-corrected chi connectivity index (χ4v) is 9.79. The summed E-state index contributed by atoms with van der Waals surface area (Å²) in [6.45, 7) is 8.35. The summed E-state index contributed by atoms with van der Waals surface area (Å²) in [6, 6.07) is 61.4. The molecule has 0 saturated heterocycles. The number of aromatic nitrogens is 3. The van der Waals surface area contributed by atoms with Crippen molar-refractivity contribution < 1.29 is 4.42 Å². The van der Waals surface area contributed by atoms with E-state index < -0.39 is 0 Å². The van der Waals surface area contributed by atoms with Crippen molar-refractivity contribution in [2.24, 2.45) is 0 Å². The van der Waals surface area contributed by atoms with E-state index in [0.29, 0.717) is 5.89 Å². The zero-order valence-electron chi connectivity index (χ0n) is 34.4. The van der Waals surface area contributed by atoms with Crippen molar-refractivity contribution in [2.45, 2.75) is 39.3 Å². The SMILES string of the molecule is CC(C)(C)c1cc2c3c(c1)N(Cc1ccccc1)c1cc4c5ccccc5n(-c5ccccn5)c4cc1B3c1cc(-c3nc4ccccc4o3)ccc1N2Cc1ccccc1. The molecule has 0 radical (unpaired) electrons. The quantitative estimate of drug-likeness (QED) is 0.157. The van der Waals surface area contributed by atoms with Crippen LogP contribution in [-0.2, 0) is 18.5 Å². The van der Waals surface area contributed by atoms with Gasteiger partial charge >= 0.3 is 0 Å². The molecule has 5 heterocycles. The lowest BCUT2D eigenvalue weighted by atomic mass is 9.33. The molecule has 0 N–H and O–H groups in total. The molecule has 7 heteroatoms. The van der Waals surface area contributed by atoms with Gasteiger partial charge in [0, 0.05) is 58.4 Å². The molecule has 0 spiro atoms. The third kappa shape index (κ3) is 5.71. The third-order valence-corrected chi connectivity index (χ3v) is 12.7. The Labute approximate surface area is 355 Å². The first kappa shape index (κ1) is 35.6. The molecule has 292 valence electrons. The zero-order chi connectivity index (χ0) is 40.8. The Hall–Kier alpha value is -7.38. The summed E-state index contributed by atoms with van der Waals surface area (Å²) in [7, 11) is 0. The van der Waals surface area contributed by atoms with Gasteiger partial charge in [-0.25, -0.2) is 9.97 Å². The second-order valence-corrected chi connectivity index (χ2v) is 17.5. The Morgan fingerprint density at radius 1 is 0.557 bits per heavy atom. The van der Waals surface area contributed by atoms with Crippen molar-refractivity contribution in [1.29, 1.82) is 0 Å². The number of anilines is 4. The molecule has 10 aromatic rings. The van der Waals surface area contributed by atoms with Crippen LogP contribution in [0.5, 0.6) is 0 Å². The van der Waals surface area contributed by atoms with Gasteiger partial charge in [-0.05, 0) is 105 Å². The Morgan fingerprint density at radius 2 is 1.21 bits per heavy atom. The van der Waals surface area contributed by atoms with Gasteiger partial charge in [-0.15, -0.1) is 0 Å². The zero-order valence-corrected chi connectivity index (χ0v) is 34.4. The number of hydrogen-bond acceptors (Lipinski definition) is 5. The van der Waals surface area contributed by atoms with Crippen LogP contribution < -0.4 is 26.2 Å². The minimum Gasteiger partial charge on any atom is -0.436 e. The van der Waals surface area contributed by atoms with Crippen LogP contribution in [0.25, 0.3) is 50.2 Å². The summed E-state index contributed by atoms with van der Waals surface area (Å²) in [5, 5.41) is 2.41. The van der Waals surface area contributed by atoms with Crippen molar-refractivity contribution in [1.82, 2.24) is 14.5 Å². The summed E-state index contributed by atoms with van der Waals surface area (Å²) in [5.41, 5.74) is 17.3. The molecule has 2 aliphatic rings. The minimum atomic E-state index is -0.102. The fraction of sp³-hybridized carbons (Fsp3) is 0.111. The highest BCUT2D eigenvalue weighted by Crippen LogP contribution is 2.44. The molecule has 7 aromatic carbocycles. The second-order valence-electron chi connectivity index (χ2n) is 17.5. The summed E-state index contributed by atoms with van der Waals surface area (Å²) in [6.07, 6.45) is 1.89. The predicted octanol–water partition coefficient (Wildman–Crippen LogP) is 11.1. The number of hydrogen-bond donors (Lipinski definition) is 0. The van der Waals surface area contributed by atoms with E-state index in [-0.39, 0.29) is 12.1 Å². The van der Waals surface area contributed by atoms with Gasteiger partial charge in [0.15, 0.2) is 5.58 Å². The lowest BCUT2D eigenvalue weighted by Crippen LogP contribution is -2.62. The first-order valence-electron chi connectivity index (χ1n) is 21.2. The van der Waals surface area contributed by atoms with Gasteiger partial charge in [-0.1, -0.05) is 124 Å². The van der Waals surface area contributed by atoms with Crippen LogP contribution in [0, 0.1) is 0 Å². The molecule has 0 atom stereocenters. The maximum Gasteiger partial charge on any atom is 0.252 e. The minimum absolute atomic E-state index is 0.0908. The number of nitrogens with zero attached hydrogens (tertiary/aromatic N) is 5. The largest absolute Gasteiger partial charge is 0.436 e. The highest BCUT2D eigenvalue weighted by Gasteiger charge is 2.44. The molecule has 0 saturated carbocycles. The van der Waals surface area contributed by atoms with E-state index in [2.05, 4.69) is 175 Å². The van der Waals surface area contributed by atoms with Gasteiger partial charge in [0.1, 0.15) is 11.3 Å². The number of oxazole rings is 1. The van der Waals surface area contributed by atoms with Crippen LogP contribution in [0.15, 0.2) is 180 Å². The molecule has 12 rings (SSSR count). The number of rotatable bonds is 6. The molecule has 0 unspecified atom stereocenters. The van der Waals surface area contributed by atoms with Gasteiger partial charge in [-0.3, -0.25) is 4.57 Å². The maximum atomic E-state index is 6.46. The Kier molecular flexibility index (Phi) is 7.92. The summed E-state index contributed by atoms with van der Waals surface area (Å²) < 4.78 is 8.80. The summed E-state index contributed by atoms with van der Waals surface area (Å²) >= 11 is 0. The van der Waals surface area contributed by atoms with Crippen molar-refractivity contribution in [3.63, 3.8) is 0 Å². The second kappa shape index (κ2) is 13.6. The molecule has 0 fully saturated rings. The summed E-state index contributed by atoms with van der Waals surface area (Å²) in [4.78, 5) is 15.1. The molecule has 0 bridgehead atoms. The molecule has 2 aliphatic heterocycles. The van der Waals surface area contributed by atoms with Gasteiger partial charge < -0.3 is 14.2 Å². The third-order valence-electron chi connectivity index (χ3n) is 12.7. The van der Waals surface area contributed by atoms with Crippen molar-refractivity contribution in [2.75, 3.05) is 9.80 Å². The summed E-state index contributed by atoms with van der Waals surface area (Å²) in [5.74, 6) is 1.53. The molecule has 3 aromatic heterocycles. The molecule has 0 amide bonds. The van der Waals surface area contributed by atoms with Crippen LogP contribution in [0.3, 0.4) is 0 Å². The predicted molar refractivity (Wildman–Crippen MR) is 252 cm³/mol. The number of benzene rings is 7. The van der Waals surface area contributed by atoms with E-state index in [0.717, 1.165) is 46.6 Å². The molecular formula is C54H42BN5O. The smallest absolute Gasteiger partial charge is 0.252 e. The van der Waals surface area contributed by atoms with Gasteiger partial charge in [0.2, 0.25) is 5.89 Å². The molecular weight excluding hydrogens is 745 g/mol. The van der Waals surface area contributed by atoms with Gasteiger partial charge in [-0.2, -0.15) is 0 Å². The van der Waals surface area contributed by atoms with Crippen LogP contribution >= 0.6 is 0 Å². The van der Waals surface area contributed by atoms with Crippen LogP contribution in [0.1, 0.15) is 37.5 Å². The van der Waals surface area contributed by atoms with Crippen LogP contribution in [0.4, 0.5) is 22.7 Å². The van der Waals surface area contributed by atoms with E-state index >= 15 is 0 Å². The first-order valence-corrected chi connectivity index (χ1v) is 21.2. The molecule has 0 aliphatic carbocycles. The Balaban J connectivity index is 1.20. The average Bonchev–Trinajstić information content (AvgIpc) is 3.87. The highest BCUT2D eigenvalue weighted by atomic mass is 16.3. The normalized spacial score (nSPS) is 13.2. The van der Waals surface area contributed by atoms with Crippen molar-refractivity contribution in [3.8, 4) is 17.3 Å². The number of pyridine rings is 1. The van der Waals surface area contributed by atoms with E-state index in [1.54, 1.807) is 0 Å². The number of fused-ring (bicyclic) bond motifs is 8. The molecule has 61 heavy (non-hydrogen) atoms. The van der Waals surface area contributed by atoms with E-state index in [9.17, 15) is 0 Å². The number of para-hydroxylation sites is 3. The van der Waals surface area contributed by atoms with Crippen LogP contribution in [0.2, 0.25) is 0 Å². The van der Waals surface area contributed by atoms with Gasteiger partial charge in [0.05, 0.1) is 11.0 Å². The van der Waals surface area contributed by atoms with E-state index in [1.165, 1.54) is 66.6 Å². The highest BCUT2D eigenvalue weighted by molar-refractivity contribution is 7.00. The van der Waals surface area contributed by atoms with E-state index in [1.807, 2.05) is 36.5 Å². The van der Waals surface area contributed by atoms with E-state index in [4.69, 9.17) is 14.4 Å². The maximum absolute atomic E-state index is 6.46. The lowest BCUT2D eigenvalue weighted by molar-refractivity contribution is 0.590. The Morgan fingerprint density at radius 3 is 1.92 bits per heavy atom. The monoisotopic (exact) mass is 787 g/mol. The van der Waals surface area contributed by atoms with Gasteiger partial charge in [0.25, 0.3) is 6.71 Å². The fourth-order valence-electron chi connectivity index (χ4n) is 9.79. The van der Waals surface area contributed by atoms with Crippen molar-refractivity contribution in [3.05, 3.63) is 193 Å². The average molecular weight is 788 g/mol. The topological polar surface area (TPSA) is 50.3 Å².